The second kappa shape index (κ2) is 6.43. The molecule has 0 saturated heterocycles. The molecule has 1 aromatic carbocycles. The molecule has 0 fully saturated rings. The van der Waals surface area contributed by atoms with E-state index in [4.69, 9.17) is 0 Å². The highest BCUT2D eigenvalue weighted by Gasteiger charge is 2.03. The summed E-state index contributed by atoms with van der Waals surface area (Å²) >= 11 is 0. The Balaban J connectivity index is 2.19. The summed E-state index contributed by atoms with van der Waals surface area (Å²) < 4.78 is 0. The SMILES string of the molecule is CNCc1nccc(-c2ccc(CC(C)C)cc2)n1. The van der Waals surface area contributed by atoms with E-state index in [-0.39, 0.29) is 0 Å². The zero-order valence-electron chi connectivity index (χ0n) is 11.9. The molecule has 0 aliphatic heterocycles. The fourth-order valence-electron chi connectivity index (χ4n) is 2.09. The van der Waals surface area contributed by atoms with Crippen LogP contribution in [0.25, 0.3) is 11.3 Å². The molecule has 0 amide bonds. The van der Waals surface area contributed by atoms with Crippen molar-refractivity contribution in [3.05, 3.63) is 47.9 Å². The summed E-state index contributed by atoms with van der Waals surface area (Å²) in [6.45, 7) is 5.17. The Kier molecular flexibility index (Phi) is 4.63. The summed E-state index contributed by atoms with van der Waals surface area (Å²) in [7, 11) is 1.90. The Bertz CT molecular complexity index is 518. The predicted octanol–water partition coefficient (Wildman–Crippen LogP) is 3.06. The third kappa shape index (κ3) is 3.86. The van der Waals surface area contributed by atoms with E-state index in [1.807, 2.05) is 19.3 Å². The van der Waals surface area contributed by atoms with Crippen LogP contribution in [-0.2, 0) is 13.0 Å². The Labute approximate surface area is 115 Å². The predicted molar refractivity (Wildman–Crippen MR) is 78.8 cm³/mol. The van der Waals surface area contributed by atoms with E-state index in [1.165, 1.54) is 5.56 Å². The van der Waals surface area contributed by atoms with Gasteiger partial charge in [0.2, 0.25) is 0 Å². The van der Waals surface area contributed by atoms with E-state index in [0.29, 0.717) is 12.5 Å². The van der Waals surface area contributed by atoms with Gasteiger partial charge in [0.05, 0.1) is 12.2 Å². The first-order valence-electron chi connectivity index (χ1n) is 6.75. The van der Waals surface area contributed by atoms with Gasteiger partial charge in [-0.2, -0.15) is 0 Å². The van der Waals surface area contributed by atoms with Crippen molar-refractivity contribution in [2.75, 3.05) is 7.05 Å². The van der Waals surface area contributed by atoms with Crippen molar-refractivity contribution in [2.24, 2.45) is 5.92 Å². The van der Waals surface area contributed by atoms with Gasteiger partial charge in [-0.05, 0) is 31.0 Å². The molecular formula is C16H21N3. The standard InChI is InChI=1S/C16H21N3/c1-12(2)10-13-4-6-14(7-5-13)15-8-9-18-16(19-15)11-17-3/h4-9,12,17H,10-11H2,1-3H3. The second-order valence-corrected chi connectivity index (χ2v) is 5.18. The van der Waals surface area contributed by atoms with E-state index < -0.39 is 0 Å². The average molecular weight is 255 g/mol. The quantitative estimate of drug-likeness (QED) is 0.892. The molecule has 2 rings (SSSR count). The molecule has 0 radical (unpaired) electrons. The maximum atomic E-state index is 4.55. The third-order valence-corrected chi connectivity index (χ3v) is 2.93. The lowest BCUT2D eigenvalue weighted by Crippen LogP contribution is -2.09. The van der Waals surface area contributed by atoms with Gasteiger partial charge in [0.1, 0.15) is 5.82 Å². The van der Waals surface area contributed by atoms with Gasteiger partial charge in [-0.25, -0.2) is 9.97 Å². The molecule has 0 aliphatic carbocycles. The number of rotatable bonds is 5. The van der Waals surface area contributed by atoms with Gasteiger partial charge < -0.3 is 5.32 Å². The smallest absolute Gasteiger partial charge is 0.142 e. The molecule has 3 nitrogen and oxygen atoms in total. The summed E-state index contributed by atoms with van der Waals surface area (Å²) in [5.41, 5.74) is 3.51. The molecule has 0 atom stereocenters. The van der Waals surface area contributed by atoms with E-state index >= 15 is 0 Å². The molecule has 0 unspecified atom stereocenters. The summed E-state index contributed by atoms with van der Waals surface area (Å²) in [5.74, 6) is 1.51. The van der Waals surface area contributed by atoms with E-state index in [2.05, 4.69) is 53.4 Å². The second-order valence-electron chi connectivity index (χ2n) is 5.18. The van der Waals surface area contributed by atoms with Crippen LogP contribution >= 0.6 is 0 Å². The first-order valence-corrected chi connectivity index (χ1v) is 6.75. The van der Waals surface area contributed by atoms with Crippen LogP contribution in [0.1, 0.15) is 25.2 Å². The number of aromatic nitrogens is 2. The van der Waals surface area contributed by atoms with Gasteiger partial charge >= 0.3 is 0 Å². The van der Waals surface area contributed by atoms with Crippen molar-refractivity contribution in [1.29, 1.82) is 0 Å². The van der Waals surface area contributed by atoms with Crippen molar-refractivity contribution < 1.29 is 0 Å². The average Bonchev–Trinajstić information content (AvgIpc) is 2.40. The van der Waals surface area contributed by atoms with Crippen LogP contribution in [0.3, 0.4) is 0 Å². The minimum atomic E-state index is 0.687. The van der Waals surface area contributed by atoms with Gasteiger partial charge in [-0.1, -0.05) is 38.1 Å². The molecule has 1 heterocycles. The minimum absolute atomic E-state index is 0.687. The van der Waals surface area contributed by atoms with Gasteiger partial charge in [-0.15, -0.1) is 0 Å². The third-order valence-electron chi connectivity index (χ3n) is 2.93. The van der Waals surface area contributed by atoms with Crippen molar-refractivity contribution in [3.8, 4) is 11.3 Å². The summed E-state index contributed by atoms with van der Waals surface area (Å²) in [5, 5.41) is 3.07. The first kappa shape index (κ1) is 13.7. The zero-order chi connectivity index (χ0) is 13.7. The fraction of sp³-hybridized carbons (Fsp3) is 0.375. The van der Waals surface area contributed by atoms with Crippen LogP contribution < -0.4 is 5.32 Å². The number of benzene rings is 1. The van der Waals surface area contributed by atoms with Gasteiger partial charge in [0, 0.05) is 11.8 Å². The van der Waals surface area contributed by atoms with Crippen LogP contribution in [0.15, 0.2) is 36.5 Å². The van der Waals surface area contributed by atoms with Gasteiger partial charge in [0.15, 0.2) is 0 Å². The first-order chi connectivity index (χ1) is 9.19. The van der Waals surface area contributed by atoms with Crippen molar-refractivity contribution >= 4 is 0 Å². The normalized spacial score (nSPS) is 10.9. The molecule has 2 aromatic rings. The number of hydrogen-bond acceptors (Lipinski definition) is 3. The van der Waals surface area contributed by atoms with Crippen LogP contribution in [0.5, 0.6) is 0 Å². The van der Waals surface area contributed by atoms with Crippen molar-refractivity contribution in [3.63, 3.8) is 0 Å². The number of nitrogens with one attached hydrogen (secondary N) is 1. The van der Waals surface area contributed by atoms with E-state index in [1.54, 1.807) is 0 Å². The monoisotopic (exact) mass is 255 g/mol. The van der Waals surface area contributed by atoms with Gasteiger partial charge in [0.25, 0.3) is 0 Å². The number of hydrogen-bond donors (Lipinski definition) is 1. The van der Waals surface area contributed by atoms with Crippen LogP contribution in [0.2, 0.25) is 0 Å². The van der Waals surface area contributed by atoms with Crippen molar-refractivity contribution in [1.82, 2.24) is 15.3 Å². The minimum Gasteiger partial charge on any atom is -0.313 e. The molecule has 0 aliphatic rings. The molecule has 1 aromatic heterocycles. The molecule has 1 N–H and O–H groups in total. The largest absolute Gasteiger partial charge is 0.313 e. The Morgan fingerprint density at radius 3 is 2.47 bits per heavy atom. The Morgan fingerprint density at radius 2 is 1.84 bits per heavy atom. The van der Waals surface area contributed by atoms with Gasteiger partial charge in [-0.3, -0.25) is 0 Å². The van der Waals surface area contributed by atoms with E-state index in [0.717, 1.165) is 23.5 Å². The highest BCUT2D eigenvalue weighted by atomic mass is 14.9. The van der Waals surface area contributed by atoms with Crippen molar-refractivity contribution in [2.45, 2.75) is 26.8 Å². The van der Waals surface area contributed by atoms with Crippen LogP contribution in [-0.4, -0.2) is 17.0 Å². The number of nitrogens with zero attached hydrogens (tertiary/aromatic N) is 2. The highest BCUT2D eigenvalue weighted by molar-refractivity contribution is 5.59. The maximum Gasteiger partial charge on any atom is 0.142 e. The maximum absolute atomic E-state index is 4.55. The zero-order valence-corrected chi connectivity index (χ0v) is 11.9. The molecule has 19 heavy (non-hydrogen) atoms. The Morgan fingerprint density at radius 1 is 1.11 bits per heavy atom. The topological polar surface area (TPSA) is 37.8 Å². The molecule has 100 valence electrons. The summed E-state index contributed by atoms with van der Waals surface area (Å²) in [4.78, 5) is 8.79. The van der Waals surface area contributed by atoms with Crippen LogP contribution in [0, 0.1) is 5.92 Å². The highest BCUT2D eigenvalue weighted by Crippen LogP contribution is 2.18. The summed E-state index contributed by atoms with van der Waals surface area (Å²) in [6, 6.07) is 10.6. The summed E-state index contributed by atoms with van der Waals surface area (Å²) in [6.07, 6.45) is 2.94. The van der Waals surface area contributed by atoms with Crippen LogP contribution in [0.4, 0.5) is 0 Å². The molecule has 0 saturated carbocycles. The Hall–Kier alpha value is -1.74. The molecule has 3 heteroatoms. The van der Waals surface area contributed by atoms with E-state index in [9.17, 15) is 0 Å². The lowest BCUT2D eigenvalue weighted by Gasteiger charge is -2.07. The molecule has 0 spiro atoms. The lowest BCUT2D eigenvalue weighted by molar-refractivity contribution is 0.647. The lowest BCUT2D eigenvalue weighted by atomic mass is 10.0. The molecule has 0 bridgehead atoms. The molecular weight excluding hydrogens is 234 g/mol. The fourth-order valence-corrected chi connectivity index (χ4v) is 2.09.